The lowest BCUT2D eigenvalue weighted by atomic mass is 9.75. The molecule has 0 saturated heterocycles. The molecule has 4 aromatic carbocycles. The molecule has 0 aromatic heterocycles. The van der Waals surface area contributed by atoms with E-state index >= 15 is 0 Å². The van der Waals surface area contributed by atoms with Crippen molar-refractivity contribution in [1.82, 2.24) is 0 Å². The van der Waals surface area contributed by atoms with Gasteiger partial charge in [-0.15, -0.1) is 0 Å². The molecule has 0 amide bonds. The normalized spacial score (nSPS) is 19.1. The maximum absolute atomic E-state index is 12.7. The molecule has 1 heterocycles. The molecule has 1 spiro atoms. The number of hydrogen-bond donors (Lipinski definition) is 0. The van der Waals surface area contributed by atoms with Gasteiger partial charge in [-0.25, -0.2) is 0 Å². The molecule has 2 nitrogen and oxygen atoms in total. The first-order chi connectivity index (χ1) is 14.7. The quantitative estimate of drug-likeness (QED) is 0.395. The Morgan fingerprint density at radius 2 is 1.53 bits per heavy atom. The molecule has 0 fully saturated rings. The van der Waals surface area contributed by atoms with Gasteiger partial charge < -0.3 is 0 Å². The number of fused-ring (bicyclic) bond motifs is 6. The number of benzene rings is 4. The summed E-state index contributed by atoms with van der Waals surface area (Å²) in [5.41, 5.74) is 6.57. The number of hydrogen-bond acceptors (Lipinski definition) is 2. The van der Waals surface area contributed by atoms with Crippen LogP contribution in [-0.2, 0) is 5.54 Å². The number of carbonyl (C=O) groups is 1. The molecule has 30 heavy (non-hydrogen) atoms. The van der Waals surface area contributed by atoms with Gasteiger partial charge in [0, 0.05) is 22.3 Å². The largest absolute Gasteiger partial charge is 0.289 e. The van der Waals surface area contributed by atoms with Gasteiger partial charge >= 0.3 is 0 Å². The van der Waals surface area contributed by atoms with Crippen molar-refractivity contribution in [2.24, 2.45) is 4.99 Å². The monoisotopic (exact) mass is 385 g/mol. The van der Waals surface area contributed by atoms with Crippen molar-refractivity contribution >= 4 is 22.3 Å². The van der Waals surface area contributed by atoms with Crippen LogP contribution in [0.25, 0.3) is 10.8 Å². The fourth-order valence-corrected chi connectivity index (χ4v) is 4.83. The Labute approximate surface area is 175 Å². The Morgan fingerprint density at radius 1 is 0.767 bits per heavy atom. The number of ketones is 1. The number of nitrogens with zero attached hydrogens (tertiary/aromatic N) is 1. The van der Waals surface area contributed by atoms with Crippen molar-refractivity contribution < 1.29 is 4.79 Å². The van der Waals surface area contributed by atoms with Crippen molar-refractivity contribution in [2.45, 2.75) is 12.5 Å². The third-order valence-corrected chi connectivity index (χ3v) is 6.26. The van der Waals surface area contributed by atoms with E-state index in [4.69, 9.17) is 4.99 Å². The minimum atomic E-state index is -0.694. The summed E-state index contributed by atoms with van der Waals surface area (Å²) in [4.78, 5) is 18.0. The van der Waals surface area contributed by atoms with E-state index in [9.17, 15) is 4.79 Å². The molecule has 2 heteroatoms. The summed E-state index contributed by atoms with van der Waals surface area (Å²) in [6.07, 6.45) is 3.68. The van der Waals surface area contributed by atoms with Crippen LogP contribution in [0.3, 0.4) is 0 Å². The van der Waals surface area contributed by atoms with E-state index < -0.39 is 5.54 Å². The van der Waals surface area contributed by atoms with Crippen molar-refractivity contribution in [3.05, 3.63) is 130 Å². The summed E-state index contributed by atoms with van der Waals surface area (Å²) in [6.45, 7) is 2.09. The highest BCUT2D eigenvalue weighted by atomic mass is 16.1. The first-order valence-electron chi connectivity index (χ1n) is 10.2. The Balaban J connectivity index is 1.75. The zero-order valence-corrected chi connectivity index (χ0v) is 16.6. The lowest BCUT2D eigenvalue weighted by molar-refractivity contribution is 0.104. The van der Waals surface area contributed by atoms with Gasteiger partial charge in [0.25, 0.3) is 0 Å². The van der Waals surface area contributed by atoms with Crippen LogP contribution in [0.2, 0.25) is 0 Å². The van der Waals surface area contributed by atoms with Crippen LogP contribution in [0.15, 0.2) is 102 Å². The van der Waals surface area contributed by atoms with Gasteiger partial charge in [-0.2, -0.15) is 0 Å². The number of aliphatic imine (C=N–C) groups is 1. The van der Waals surface area contributed by atoms with Crippen molar-refractivity contribution in [3.8, 4) is 0 Å². The maximum atomic E-state index is 12.7. The minimum absolute atomic E-state index is 0.0389. The number of rotatable bonds is 1. The maximum Gasteiger partial charge on any atom is 0.186 e. The second-order valence-corrected chi connectivity index (χ2v) is 8.05. The summed E-state index contributed by atoms with van der Waals surface area (Å²) in [7, 11) is 0. The predicted octanol–water partition coefficient (Wildman–Crippen LogP) is 6.00. The standard InChI is InChI=1S/C28H19NO/c1-18-10-12-20(13-11-18)27-23-15-14-19-6-2-3-7-21(19)26(23)28(29-27)17-16-25(30)22-8-4-5-9-24(22)28/h2-17H,1H3/t28-/m1/s1. The van der Waals surface area contributed by atoms with Gasteiger partial charge in [0.05, 0.1) is 5.71 Å². The van der Waals surface area contributed by atoms with Crippen LogP contribution in [0.4, 0.5) is 0 Å². The molecule has 1 aliphatic heterocycles. The minimum Gasteiger partial charge on any atom is -0.289 e. The smallest absolute Gasteiger partial charge is 0.186 e. The zero-order valence-electron chi connectivity index (χ0n) is 16.6. The third kappa shape index (κ3) is 2.25. The average molecular weight is 385 g/mol. The van der Waals surface area contributed by atoms with E-state index in [1.54, 1.807) is 6.08 Å². The summed E-state index contributed by atoms with van der Waals surface area (Å²) >= 11 is 0. The molecule has 4 aromatic rings. The van der Waals surface area contributed by atoms with E-state index in [-0.39, 0.29) is 5.78 Å². The van der Waals surface area contributed by atoms with Gasteiger partial charge in [0.2, 0.25) is 0 Å². The molecular weight excluding hydrogens is 366 g/mol. The van der Waals surface area contributed by atoms with Crippen molar-refractivity contribution in [3.63, 3.8) is 0 Å². The summed E-state index contributed by atoms with van der Waals surface area (Å²) in [6, 6.07) is 29.2. The zero-order chi connectivity index (χ0) is 20.3. The fourth-order valence-electron chi connectivity index (χ4n) is 4.83. The number of aryl methyl sites for hydroxylation is 1. The molecule has 1 aliphatic carbocycles. The molecule has 0 unspecified atom stereocenters. The van der Waals surface area contributed by atoms with Crippen LogP contribution >= 0.6 is 0 Å². The predicted molar refractivity (Wildman–Crippen MR) is 121 cm³/mol. The highest BCUT2D eigenvalue weighted by Crippen LogP contribution is 2.49. The summed E-state index contributed by atoms with van der Waals surface area (Å²) < 4.78 is 0. The van der Waals surface area contributed by atoms with Crippen molar-refractivity contribution in [1.29, 1.82) is 0 Å². The molecular formula is C28H19NO. The van der Waals surface area contributed by atoms with Gasteiger partial charge in [-0.05, 0) is 35.4 Å². The van der Waals surface area contributed by atoms with Crippen molar-refractivity contribution in [2.75, 3.05) is 0 Å². The molecule has 0 radical (unpaired) electrons. The van der Waals surface area contributed by atoms with Gasteiger partial charge in [-0.1, -0.05) is 90.5 Å². The molecule has 0 N–H and O–H groups in total. The van der Waals surface area contributed by atoms with Crippen LogP contribution in [0.1, 0.15) is 38.2 Å². The van der Waals surface area contributed by atoms with Crippen LogP contribution in [-0.4, -0.2) is 11.5 Å². The van der Waals surface area contributed by atoms with Crippen LogP contribution < -0.4 is 0 Å². The number of allylic oxidation sites excluding steroid dienone is 1. The van der Waals surface area contributed by atoms with Gasteiger partial charge in [0.1, 0.15) is 5.54 Å². The van der Waals surface area contributed by atoms with E-state index in [1.165, 1.54) is 16.3 Å². The lowest BCUT2D eigenvalue weighted by Crippen LogP contribution is -2.27. The SMILES string of the molecule is Cc1ccc(C2=N[C@@]3(C=CC(=O)c4ccccc43)c3c2ccc2ccccc32)cc1. The Hall–Kier alpha value is -3.78. The van der Waals surface area contributed by atoms with E-state index in [1.807, 2.05) is 30.3 Å². The molecule has 2 aliphatic rings. The molecule has 0 bridgehead atoms. The Bertz CT molecular complexity index is 1410. The topological polar surface area (TPSA) is 29.4 Å². The Morgan fingerprint density at radius 3 is 2.40 bits per heavy atom. The molecule has 1 atom stereocenters. The molecule has 0 saturated carbocycles. The summed E-state index contributed by atoms with van der Waals surface area (Å²) in [5, 5.41) is 2.36. The third-order valence-electron chi connectivity index (χ3n) is 6.26. The van der Waals surface area contributed by atoms with E-state index in [0.717, 1.165) is 33.5 Å². The first kappa shape index (κ1) is 17.1. The van der Waals surface area contributed by atoms with E-state index in [2.05, 4.69) is 67.6 Å². The fraction of sp³-hybridized carbons (Fsp3) is 0.0714. The second kappa shape index (κ2) is 6.11. The molecule has 6 rings (SSSR count). The summed E-state index contributed by atoms with van der Waals surface area (Å²) in [5.74, 6) is 0.0389. The van der Waals surface area contributed by atoms with Gasteiger partial charge in [-0.3, -0.25) is 9.79 Å². The van der Waals surface area contributed by atoms with E-state index in [0.29, 0.717) is 0 Å². The van der Waals surface area contributed by atoms with Crippen LogP contribution in [0.5, 0.6) is 0 Å². The van der Waals surface area contributed by atoms with Gasteiger partial charge in [0.15, 0.2) is 5.78 Å². The van der Waals surface area contributed by atoms with Crippen LogP contribution in [0, 0.1) is 6.92 Å². The highest BCUT2D eigenvalue weighted by Gasteiger charge is 2.44. The Kier molecular flexibility index (Phi) is 3.48. The first-order valence-corrected chi connectivity index (χ1v) is 10.2. The lowest BCUT2D eigenvalue weighted by Gasteiger charge is -2.30. The number of carbonyl (C=O) groups excluding carboxylic acids is 1. The second-order valence-electron chi connectivity index (χ2n) is 8.05. The molecule has 142 valence electrons. The highest BCUT2D eigenvalue weighted by molar-refractivity contribution is 6.20. The average Bonchev–Trinajstić information content (AvgIpc) is 3.13.